The van der Waals surface area contributed by atoms with E-state index in [1.54, 1.807) is 18.2 Å². The van der Waals surface area contributed by atoms with Crippen molar-refractivity contribution in [2.24, 2.45) is 4.99 Å². The number of hydrogen-bond acceptors (Lipinski definition) is 4. The lowest BCUT2D eigenvalue weighted by molar-refractivity contribution is 0.0394. The molecule has 0 bridgehead atoms. The molecule has 0 radical (unpaired) electrons. The van der Waals surface area contributed by atoms with E-state index in [1.807, 2.05) is 37.3 Å². The third-order valence-corrected chi connectivity index (χ3v) is 4.73. The molecule has 3 rings (SSSR count). The zero-order chi connectivity index (χ0) is 19.8. The van der Waals surface area contributed by atoms with Crippen LogP contribution < -0.4 is 10.6 Å². The molecule has 2 aromatic carbocycles. The number of hydrogen-bond donors (Lipinski definition) is 2. The normalized spacial score (nSPS) is 15.3. The molecule has 1 amide bonds. The smallest absolute Gasteiger partial charge is 0.257 e. The third-order valence-electron chi connectivity index (χ3n) is 4.50. The Balaban J connectivity index is 1.70. The quantitative estimate of drug-likeness (QED) is 0.597. The maximum atomic E-state index is 12.6. The number of nitrogens with zero attached hydrogens (tertiary/aromatic N) is 2. The summed E-state index contributed by atoms with van der Waals surface area (Å²) < 4.78 is 5.37. The van der Waals surface area contributed by atoms with Crippen molar-refractivity contribution in [3.63, 3.8) is 0 Å². The van der Waals surface area contributed by atoms with Crippen molar-refractivity contribution < 1.29 is 9.53 Å². The van der Waals surface area contributed by atoms with Gasteiger partial charge in [0.05, 0.1) is 19.8 Å². The molecular formula is C21H25ClN4O2. The van der Waals surface area contributed by atoms with Crippen LogP contribution in [-0.2, 0) is 4.74 Å². The number of aryl methyl sites for hydroxylation is 1. The lowest BCUT2D eigenvalue weighted by Crippen LogP contribution is -2.39. The number of carbonyl (C=O) groups excluding carboxylic acids is 1. The Kier molecular flexibility index (Phi) is 7.42. The number of rotatable bonds is 5. The van der Waals surface area contributed by atoms with E-state index in [4.69, 9.17) is 16.3 Å². The van der Waals surface area contributed by atoms with Crippen LogP contribution in [0.4, 0.5) is 5.69 Å². The second kappa shape index (κ2) is 10.2. The van der Waals surface area contributed by atoms with E-state index < -0.39 is 0 Å². The number of benzene rings is 2. The van der Waals surface area contributed by atoms with Gasteiger partial charge in [-0.3, -0.25) is 20.0 Å². The largest absolute Gasteiger partial charge is 0.379 e. The zero-order valence-corrected chi connectivity index (χ0v) is 16.7. The second-order valence-electron chi connectivity index (χ2n) is 6.59. The van der Waals surface area contributed by atoms with Crippen LogP contribution in [0, 0.1) is 6.92 Å². The Morgan fingerprint density at radius 2 is 1.93 bits per heavy atom. The van der Waals surface area contributed by atoms with Gasteiger partial charge >= 0.3 is 0 Å². The lowest BCUT2D eigenvalue weighted by Gasteiger charge is -2.25. The molecule has 1 aliphatic heterocycles. The van der Waals surface area contributed by atoms with Crippen molar-refractivity contribution in [2.75, 3.05) is 44.7 Å². The molecule has 148 valence electrons. The summed E-state index contributed by atoms with van der Waals surface area (Å²) in [4.78, 5) is 19.5. The van der Waals surface area contributed by atoms with Crippen LogP contribution in [0.15, 0.2) is 53.5 Å². The fraction of sp³-hybridized carbons (Fsp3) is 0.333. The minimum absolute atomic E-state index is 0.204. The first-order valence-electron chi connectivity index (χ1n) is 9.36. The average molecular weight is 401 g/mol. The molecule has 2 aromatic rings. The Labute approximate surface area is 170 Å². The second-order valence-corrected chi connectivity index (χ2v) is 7.03. The molecular weight excluding hydrogens is 376 g/mol. The molecule has 1 aliphatic rings. The van der Waals surface area contributed by atoms with Crippen molar-refractivity contribution in [3.05, 3.63) is 64.7 Å². The summed E-state index contributed by atoms with van der Waals surface area (Å²) in [6.07, 6.45) is 0. The summed E-state index contributed by atoms with van der Waals surface area (Å²) in [6, 6.07) is 14.6. The van der Waals surface area contributed by atoms with Gasteiger partial charge in [0, 0.05) is 35.9 Å². The molecule has 2 N–H and O–H groups in total. The maximum absolute atomic E-state index is 12.6. The van der Waals surface area contributed by atoms with Crippen molar-refractivity contribution in [1.82, 2.24) is 10.2 Å². The molecule has 0 atom stereocenters. The van der Waals surface area contributed by atoms with Crippen molar-refractivity contribution in [3.8, 4) is 0 Å². The van der Waals surface area contributed by atoms with Crippen LogP contribution >= 0.6 is 11.6 Å². The molecule has 0 unspecified atom stereocenters. The highest BCUT2D eigenvalue weighted by molar-refractivity contribution is 6.30. The fourth-order valence-electron chi connectivity index (χ4n) is 2.90. The standard InChI is InChI=1S/C21H25ClN4O2/c1-16-15-18(22)7-8-19(16)24-21(23-9-10-26-11-13-28-14-12-26)25-20(27)17-5-3-2-4-6-17/h2-8,15H,9-14H2,1H3,(H2,23,24,25,27). The van der Waals surface area contributed by atoms with Crippen LogP contribution in [0.2, 0.25) is 5.02 Å². The van der Waals surface area contributed by atoms with E-state index in [1.165, 1.54) is 0 Å². The number of guanidine groups is 1. The zero-order valence-electron chi connectivity index (χ0n) is 16.0. The number of morpholine rings is 1. The SMILES string of the molecule is Cc1cc(Cl)ccc1NC(=NCCN1CCOCC1)NC(=O)c1ccccc1. The highest BCUT2D eigenvalue weighted by atomic mass is 35.5. The van der Waals surface area contributed by atoms with Gasteiger partial charge in [0.1, 0.15) is 0 Å². The number of carbonyl (C=O) groups is 1. The summed E-state index contributed by atoms with van der Waals surface area (Å²) in [5.41, 5.74) is 2.41. The maximum Gasteiger partial charge on any atom is 0.257 e. The van der Waals surface area contributed by atoms with Crippen LogP contribution in [0.25, 0.3) is 0 Å². The Bertz CT molecular complexity index is 820. The van der Waals surface area contributed by atoms with E-state index in [-0.39, 0.29) is 5.91 Å². The minimum atomic E-state index is -0.204. The highest BCUT2D eigenvalue weighted by Crippen LogP contribution is 2.19. The summed E-state index contributed by atoms with van der Waals surface area (Å²) in [5.74, 6) is 0.220. The highest BCUT2D eigenvalue weighted by Gasteiger charge is 2.12. The molecule has 0 aliphatic carbocycles. The number of nitrogens with one attached hydrogen (secondary N) is 2. The first-order chi connectivity index (χ1) is 13.6. The van der Waals surface area contributed by atoms with E-state index in [2.05, 4.69) is 20.5 Å². The van der Waals surface area contributed by atoms with Crippen molar-refractivity contribution >= 4 is 29.2 Å². The average Bonchev–Trinajstić information content (AvgIpc) is 2.71. The first-order valence-corrected chi connectivity index (χ1v) is 9.74. The Morgan fingerprint density at radius 1 is 1.18 bits per heavy atom. The summed E-state index contributed by atoms with van der Waals surface area (Å²) in [5, 5.41) is 6.78. The van der Waals surface area contributed by atoms with Gasteiger partial charge in [-0.25, -0.2) is 0 Å². The molecule has 1 saturated heterocycles. The van der Waals surface area contributed by atoms with E-state index in [0.29, 0.717) is 23.1 Å². The molecule has 1 fully saturated rings. The number of aliphatic imine (C=N–C) groups is 1. The molecule has 0 spiro atoms. The van der Waals surface area contributed by atoms with Gasteiger partial charge in [-0.05, 0) is 42.8 Å². The lowest BCUT2D eigenvalue weighted by atomic mass is 10.2. The molecule has 6 nitrogen and oxygen atoms in total. The van der Waals surface area contributed by atoms with E-state index >= 15 is 0 Å². The van der Waals surface area contributed by atoms with Gasteiger partial charge in [0.15, 0.2) is 0 Å². The van der Waals surface area contributed by atoms with Gasteiger partial charge < -0.3 is 10.1 Å². The summed E-state index contributed by atoms with van der Waals surface area (Å²) in [6.45, 7) is 6.67. The molecule has 28 heavy (non-hydrogen) atoms. The van der Waals surface area contributed by atoms with E-state index in [0.717, 1.165) is 44.1 Å². The molecule has 0 saturated carbocycles. The first kappa shape index (κ1) is 20.3. The summed E-state index contributed by atoms with van der Waals surface area (Å²) >= 11 is 6.04. The van der Waals surface area contributed by atoms with Gasteiger partial charge in [0.25, 0.3) is 5.91 Å². The topological polar surface area (TPSA) is 66.0 Å². The van der Waals surface area contributed by atoms with Crippen LogP contribution in [-0.4, -0.2) is 56.2 Å². The van der Waals surface area contributed by atoms with Crippen LogP contribution in [0.5, 0.6) is 0 Å². The van der Waals surface area contributed by atoms with Gasteiger partial charge in [-0.15, -0.1) is 0 Å². The Hall–Kier alpha value is -2.41. The molecule has 0 aromatic heterocycles. The minimum Gasteiger partial charge on any atom is -0.379 e. The van der Waals surface area contributed by atoms with Gasteiger partial charge in [0.2, 0.25) is 5.96 Å². The number of anilines is 1. The van der Waals surface area contributed by atoms with Crippen molar-refractivity contribution in [1.29, 1.82) is 0 Å². The Morgan fingerprint density at radius 3 is 2.64 bits per heavy atom. The number of halogens is 1. The molecule has 7 heteroatoms. The number of amides is 1. The van der Waals surface area contributed by atoms with E-state index in [9.17, 15) is 4.79 Å². The number of ether oxygens (including phenoxy) is 1. The van der Waals surface area contributed by atoms with Gasteiger partial charge in [-0.2, -0.15) is 0 Å². The van der Waals surface area contributed by atoms with Gasteiger partial charge in [-0.1, -0.05) is 29.8 Å². The van der Waals surface area contributed by atoms with Crippen LogP contribution in [0.1, 0.15) is 15.9 Å². The summed E-state index contributed by atoms with van der Waals surface area (Å²) in [7, 11) is 0. The fourth-order valence-corrected chi connectivity index (χ4v) is 3.13. The predicted molar refractivity (Wildman–Crippen MR) is 113 cm³/mol. The molecule has 1 heterocycles. The third kappa shape index (κ3) is 6.05. The van der Waals surface area contributed by atoms with Crippen LogP contribution in [0.3, 0.4) is 0 Å². The monoisotopic (exact) mass is 400 g/mol. The predicted octanol–water partition coefficient (Wildman–Crippen LogP) is 3.18. The van der Waals surface area contributed by atoms with Crippen molar-refractivity contribution in [2.45, 2.75) is 6.92 Å².